The van der Waals surface area contributed by atoms with Gasteiger partial charge in [-0.1, -0.05) is 30.3 Å². The number of benzene rings is 1. The van der Waals surface area contributed by atoms with Gasteiger partial charge in [-0.25, -0.2) is 4.98 Å². The molecule has 0 spiro atoms. The number of nitrogens with zero attached hydrogens (tertiary/aromatic N) is 2. The average molecular weight is 400 g/mol. The van der Waals surface area contributed by atoms with Crippen molar-refractivity contribution in [2.45, 2.75) is 50.2 Å². The number of nitrogens with two attached hydrogens (primary N) is 1. The first-order valence-electron chi connectivity index (χ1n) is 10.2. The van der Waals surface area contributed by atoms with Crippen molar-refractivity contribution < 1.29 is 4.79 Å². The summed E-state index contributed by atoms with van der Waals surface area (Å²) < 4.78 is 0. The predicted molar refractivity (Wildman–Crippen MR) is 114 cm³/mol. The fraction of sp³-hybridized carbons (Fsp3) is 0.524. The SMILES string of the molecule is Nc1nc(C(=O)N[C@H]2CC[C@H]2NC2CCN(CCc3ccccc3)CC2)cs1. The number of carbonyl (C=O) groups excluding carboxylic acids is 1. The number of aromatic nitrogens is 1. The number of piperidine rings is 1. The molecule has 1 amide bonds. The first kappa shape index (κ1) is 19.4. The largest absolute Gasteiger partial charge is 0.375 e. The molecule has 1 aromatic carbocycles. The van der Waals surface area contributed by atoms with E-state index in [1.165, 1.54) is 29.7 Å². The lowest BCUT2D eigenvalue weighted by Crippen LogP contribution is -2.60. The lowest BCUT2D eigenvalue weighted by Gasteiger charge is -2.42. The van der Waals surface area contributed by atoms with Gasteiger partial charge < -0.3 is 21.3 Å². The second kappa shape index (κ2) is 9.03. The summed E-state index contributed by atoms with van der Waals surface area (Å²) >= 11 is 1.30. The van der Waals surface area contributed by atoms with Crippen LogP contribution in [-0.4, -0.2) is 53.6 Å². The Balaban J connectivity index is 1.17. The predicted octanol–water partition coefficient (Wildman–Crippen LogP) is 2.28. The number of rotatable bonds is 7. The zero-order valence-corrected chi connectivity index (χ0v) is 17.0. The van der Waals surface area contributed by atoms with Crippen LogP contribution in [0.25, 0.3) is 0 Å². The molecule has 1 saturated carbocycles. The molecule has 4 rings (SSSR count). The lowest BCUT2D eigenvalue weighted by atomic mass is 9.85. The van der Waals surface area contributed by atoms with E-state index >= 15 is 0 Å². The van der Waals surface area contributed by atoms with Crippen LogP contribution in [0.1, 0.15) is 41.7 Å². The number of anilines is 1. The normalized spacial score (nSPS) is 23.3. The van der Waals surface area contributed by atoms with Crippen LogP contribution in [0.4, 0.5) is 5.13 Å². The third kappa shape index (κ3) is 4.90. The van der Waals surface area contributed by atoms with E-state index in [1.807, 2.05) is 0 Å². The maximum Gasteiger partial charge on any atom is 0.271 e. The number of amides is 1. The molecule has 2 fully saturated rings. The Morgan fingerprint density at radius 1 is 1.14 bits per heavy atom. The number of thiazole rings is 1. The monoisotopic (exact) mass is 399 g/mol. The highest BCUT2D eigenvalue weighted by molar-refractivity contribution is 7.13. The standard InChI is InChI=1S/C21H29N5OS/c22-21-25-19(14-28-21)20(27)24-18-7-6-17(18)23-16-9-12-26(13-10-16)11-8-15-4-2-1-3-5-15/h1-5,14,16-18,23H,6-13H2,(H2,22,25)(H,24,27)/t17-,18+/m1/s1. The molecule has 2 heterocycles. The van der Waals surface area contributed by atoms with Crippen LogP contribution in [0.3, 0.4) is 0 Å². The van der Waals surface area contributed by atoms with E-state index < -0.39 is 0 Å². The summed E-state index contributed by atoms with van der Waals surface area (Å²) in [5, 5.41) is 9.04. The number of nitrogens with one attached hydrogen (secondary N) is 2. The maximum atomic E-state index is 12.3. The van der Waals surface area contributed by atoms with Crippen molar-refractivity contribution in [3.63, 3.8) is 0 Å². The molecule has 7 heteroatoms. The number of nitrogen functional groups attached to an aromatic ring is 1. The second-order valence-electron chi connectivity index (χ2n) is 7.85. The topological polar surface area (TPSA) is 83.3 Å². The van der Waals surface area contributed by atoms with Crippen molar-refractivity contribution in [1.29, 1.82) is 0 Å². The van der Waals surface area contributed by atoms with Gasteiger partial charge in [0.1, 0.15) is 5.69 Å². The van der Waals surface area contributed by atoms with Crippen LogP contribution in [-0.2, 0) is 6.42 Å². The number of hydrogen-bond acceptors (Lipinski definition) is 6. The van der Waals surface area contributed by atoms with Gasteiger partial charge in [0.15, 0.2) is 5.13 Å². The van der Waals surface area contributed by atoms with E-state index in [0.29, 0.717) is 22.9 Å². The smallest absolute Gasteiger partial charge is 0.271 e. The zero-order valence-electron chi connectivity index (χ0n) is 16.1. The fourth-order valence-corrected chi connectivity index (χ4v) is 4.61. The highest BCUT2D eigenvalue weighted by Crippen LogP contribution is 2.23. The molecule has 2 aliphatic rings. The van der Waals surface area contributed by atoms with Crippen molar-refractivity contribution in [2.75, 3.05) is 25.4 Å². The summed E-state index contributed by atoms with van der Waals surface area (Å²) in [6.07, 6.45) is 5.62. The summed E-state index contributed by atoms with van der Waals surface area (Å²) in [4.78, 5) is 18.9. The molecule has 0 radical (unpaired) electrons. The minimum absolute atomic E-state index is 0.111. The number of likely N-dealkylation sites (tertiary alicyclic amines) is 1. The Morgan fingerprint density at radius 2 is 1.89 bits per heavy atom. The van der Waals surface area contributed by atoms with Gasteiger partial charge in [-0.3, -0.25) is 4.79 Å². The van der Waals surface area contributed by atoms with Gasteiger partial charge in [-0.15, -0.1) is 11.3 Å². The van der Waals surface area contributed by atoms with Gasteiger partial charge in [-0.05, 0) is 50.8 Å². The van der Waals surface area contributed by atoms with E-state index in [9.17, 15) is 4.79 Å². The second-order valence-corrected chi connectivity index (χ2v) is 8.74. The van der Waals surface area contributed by atoms with E-state index in [2.05, 4.69) is 50.8 Å². The molecular formula is C21H29N5OS. The molecule has 150 valence electrons. The van der Waals surface area contributed by atoms with Crippen LogP contribution in [0.5, 0.6) is 0 Å². The summed E-state index contributed by atoms with van der Waals surface area (Å²) in [5.41, 5.74) is 7.47. The van der Waals surface area contributed by atoms with Crippen molar-refractivity contribution in [2.24, 2.45) is 0 Å². The van der Waals surface area contributed by atoms with Crippen LogP contribution in [0.15, 0.2) is 35.7 Å². The molecule has 1 aliphatic heterocycles. The third-order valence-corrected chi connectivity index (χ3v) is 6.62. The Hall–Kier alpha value is -1.96. The van der Waals surface area contributed by atoms with Gasteiger partial charge in [-0.2, -0.15) is 0 Å². The minimum Gasteiger partial charge on any atom is -0.375 e. The minimum atomic E-state index is -0.111. The third-order valence-electron chi connectivity index (χ3n) is 5.94. The van der Waals surface area contributed by atoms with Crippen molar-refractivity contribution in [3.05, 3.63) is 47.0 Å². The molecule has 1 saturated heterocycles. The fourth-order valence-electron chi connectivity index (χ4n) is 4.06. The quantitative estimate of drug-likeness (QED) is 0.665. The number of hydrogen-bond donors (Lipinski definition) is 3. The molecule has 0 unspecified atom stereocenters. The molecule has 0 bridgehead atoms. The summed E-state index contributed by atoms with van der Waals surface area (Å²) in [7, 11) is 0. The van der Waals surface area contributed by atoms with Crippen LogP contribution in [0.2, 0.25) is 0 Å². The van der Waals surface area contributed by atoms with E-state index in [-0.39, 0.29) is 11.9 Å². The van der Waals surface area contributed by atoms with Gasteiger partial charge in [0.25, 0.3) is 5.91 Å². The van der Waals surface area contributed by atoms with Gasteiger partial charge >= 0.3 is 0 Å². The maximum absolute atomic E-state index is 12.3. The van der Waals surface area contributed by atoms with Crippen molar-refractivity contribution in [3.8, 4) is 0 Å². The van der Waals surface area contributed by atoms with Gasteiger partial charge in [0.05, 0.1) is 0 Å². The highest BCUT2D eigenvalue weighted by atomic mass is 32.1. The molecule has 6 nitrogen and oxygen atoms in total. The van der Waals surface area contributed by atoms with Gasteiger partial charge in [0, 0.05) is 30.1 Å². The zero-order chi connectivity index (χ0) is 19.3. The van der Waals surface area contributed by atoms with E-state index in [4.69, 9.17) is 5.73 Å². The molecule has 2 atom stereocenters. The lowest BCUT2D eigenvalue weighted by molar-refractivity contribution is 0.0875. The molecule has 2 aromatic rings. The summed E-state index contributed by atoms with van der Waals surface area (Å²) in [5.74, 6) is -0.111. The Bertz CT molecular complexity index is 772. The van der Waals surface area contributed by atoms with Crippen LogP contribution >= 0.6 is 11.3 Å². The molecule has 1 aromatic heterocycles. The molecule has 1 aliphatic carbocycles. The average Bonchev–Trinajstić information content (AvgIpc) is 3.16. The van der Waals surface area contributed by atoms with Crippen LogP contribution in [0, 0.1) is 0 Å². The first-order chi connectivity index (χ1) is 13.7. The van der Waals surface area contributed by atoms with Crippen molar-refractivity contribution in [1.82, 2.24) is 20.5 Å². The Kier molecular flexibility index (Phi) is 6.24. The van der Waals surface area contributed by atoms with Gasteiger partial charge in [0.2, 0.25) is 0 Å². The van der Waals surface area contributed by atoms with E-state index in [0.717, 1.165) is 38.9 Å². The van der Waals surface area contributed by atoms with Crippen molar-refractivity contribution >= 4 is 22.4 Å². The Labute approximate surface area is 170 Å². The summed E-state index contributed by atoms with van der Waals surface area (Å²) in [6.45, 7) is 3.42. The van der Waals surface area contributed by atoms with Crippen LogP contribution < -0.4 is 16.4 Å². The molecule has 28 heavy (non-hydrogen) atoms. The molecular weight excluding hydrogens is 370 g/mol. The van der Waals surface area contributed by atoms with E-state index in [1.54, 1.807) is 5.38 Å². The number of carbonyl (C=O) groups is 1. The molecule has 4 N–H and O–H groups in total. The summed E-state index contributed by atoms with van der Waals surface area (Å²) in [6, 6.07) is 11.8. The Morgan fingerprint density at radius 3 is 2.54 bits per heavy atom. The highest BCUT2D eigenvalue weighted by Gasteiger charge is 2.34. The first-order valence-corrected chi connectivity index (χ1v) is 11.1.